The topological polar surface area (TPSA) is 89.9 Å². The van der Waals surface area contributed by atoms with Gasteiger partial charge in [-0.05, 0) is 12.8 Å². The molecule has 0 amide bonds. The fourth-order valence-electron chi connectivity index (χ4n) is 1.89. The molecule has 0 bridgehead atoms. The molecule has 26 heavy (non-hydrogen) atoms. The van der Waals surface area contributed by atoms with Crippen molar-refractivity contribution in [2.45, 2.75) is 70.5 Å². The zero-order valence-electron chi connectivity index (χ0n) is 16.4. The van der Waals surface area contributed by atoms with Crippen molar-refractivity contribution in [3.63, 3.8) is 0 Å². The summed E-state index contributed by atoms with van der Waals surface area (Å²) in [5.74, 6) is 0.374. The average molecular weight is 421 g/mol. The summed E-state index contributed by atoms with van der Waals surface area (Å²) in [4.78, 5) is 33.2. The first-order valence-corrected chi connectivity index (χ1v) is 12.1. The van der Waals surface area contributed by atoms with Crippen LogP contribution in [0, 0.1) is 0 Å². The monoisotopic (exact) mass is 421 g/mol. The Kier molecular flexibility index (Phi) is 19.8. The van der Waals surface area contributed by atoms with Gasteiger partial charge in [-0.3, -0.25) is 18.6 Å². The Labute approximate surface area is 178 Å². The van der Waals surface area contributed by atoms with E-state index >= 15 is 0 Å². The number of phosphoric ester groups is 1. The second-order valence-corrected chi connectivity index (χ2v) is 9.65. The molecule has 0 rings (SSSR count). The van der Waals surface area contributed by atoms with Gasteiger partial charge in [-0.15, -0.1) is 0 Å². The van der Waals surface area contributed by atoms with Gasteiger partial charge in [0.25, 0.3) is 0 Å². The molecule has 2 atom stereocenters. The van der Waals surface area contributed by atoms with Crippen LogP contribution in [-0.2, 0) is 23.2 Å². The summed E-state index contributed by atoms with van der Waals surface area (Å²) in [6.07, 6.45) is 6.77. The molecule has 0 aromatic rings. The van der Waals surface area contributed by atoms with Crippen molar-refractivity contribution in [3.05, 3.63) is 0 Å². The second-order valence-electron chi connectivity index (χ2n) is 5.66. The Bertz CT molecular complexity index is 439. The van der Waals surface area contributed by atoms with Crippen LogP contribution in [0.3, 0.4) is 0 Å². The molecule has 0 aliphatic heterocycles. The van der Waals surface area contributed by atoms with E-state index in [-0.39, 0.29) is 40.9 Å². The van der Waals surface area contributed by atoms with E-state index in [1.807, 2.05) is 0 Å². The van der Waals surface area contributed by atoms with E-state index in [2.05, 4.69) is 18.4 Å². The zero-order valence-corrected chi connectivity index (χ0v) is 18.9. The summed E-state index contributed by atoms with van der Waals surface area (Å²) in [5.41, 5.74) is 0. The SMILES string of the molecule is CCCCCC(=O)SC[C@@H](COP(=O)(O)OC)SC(=O)CCCCC.[Li]. The molecule has 0 aromatic carbocycles. The number of phosphoric acid groups is 1. The molecular formula is C16H31LiO6PS2. The molecule has 1 N–H and O–H groups in total. The maximum atomic E-state index is 12.0. The standard InChI is InChI=1S/C16H31O6PS2.Li/c1-4-6-8-10-15(17)24-13-14(12-22-23(19,20)21-3)25-16(18)11-9-7-5-2;/h14H,4-13H2,1-3H3,(H,19,20);/t14-;/m1./s1. The van der Waals surface area contributed by atoms with Crippen LogP contribution < -0.4 is 0 Å². The van der Waals surface area contributed by atoms with Crippen molar-refractivity contribution in [2.24, 2.45) is 0 Å². The van der Waals surface area contributed by atoms with Crippen LogP contribution in [0.15, 0.2) is 0 Å². The fourth-order valence-corrected chi connectivity index (χ4v) is 4.47. The number of rotatable bonds is 15. The van der Waals surface area contributed by atoms with Crippen LogP contribution in [0.25, 0.3) is 0 Å². The van der Waals surface area contributed by atoms with Gasteiger partial charge in [0.2, 0.25) is 0 Å². The summed E-state index contributed by atoms with van der Waals surface area (Å²) >= 11 is 2.25. The molecule has 0 saturated heterocycles. The van der Waals surface area contributed by atoms with Gasteiger partial charge in [-0.1, -0.05) is 63.1 Å². The van der Waals surface area contributed by atoms with Crippen LogP contribution >= 0.6 is 31.3 Å². The summed E-state index contributed by atoms with van der Waals surface area (Å²) < 4.78 is 20.7. The molecule has 0 fully saturated rings. The quantitative estimate of drug-likeness (QED) is 0.236. The second kappa shape index (κ2) is 17.8. The molecule has 0 aliphatic carbocycles. The van der Waals surface area contributed by atoms with Crippen molar-refractivity contribution in [2.75, 3.05) is 19.5 Å². The van der Waals surface area contributed by atoms with Crippen molar-refractivity contribution in [1.29, 1.82) is 0 Å². The van der Waals surface area contributed by atoms with Gasteiger partial charge >= 0.3 is 7.82 Å². The third-order valence-corrected chi connectivity index (χ3v) is 6.70. The van der Waals surface area contributed by atoms with E-state index in [1.54, 1.807) is 0 Å². The van der Waals surface area contributed by atoms with Crippen molar-refractivity contribution in [1.82, 2.24) is 0 Å². The first kappa shape index (κ1) is 29.0. The molecule has 0 saturated carbocycles. The minimum Gasteiger partial charge on any atom is -0.303 e. The van der Waals surface area contributed by atoms with Gasteiger partial charge in [0.05, 0.1) is 6.61 Å². The minimum absolute atomic E-state index is 0. The first-order valence-electron chi connectivity index (χ1n) is 8.72. The number of carbonyl (C=O) groups is 2. The molecule has 10 heteroatoms. The van der Waals surface area contributed by atoms with Gasteiger partial charge in [-0.2, -0.15) is 0 Å². The summed E-state index contributed by atoms with van der Waals surface area (Å²) in [6.45, 7) is 4.04. The Morgan fingerprint density at radius 2 is 1.58 bits per heavy atom. The Morgan fingerprint density at radius 3 is 2.08 bits per heavy atom. The number of thioether (sulfide) groups is 2. The molecule has 0 spiro atoms. The number of hydrogen-bond acceptors (Lipinski definition) is 7. The van der Waals surface area contributed by atoms with Crippen molar-refractivity contribution >= 4 is 60.4 Å². The Hall–Kier alpha value is 0.747. The fraction of sp³-hybridized carbons (Fsp3) is 0.875. The van der Waals surface area contributed by atoms with Crippen LogP contribution in [0.1, 0.15) is 65.2 Å². The van der Waals surface area contributed by atoms with E-state index < -0.39 is 7.82 Å². The number of unbranched alkanes of at least 4 members (excludes halogenated alkanes) is 4. The smallest absolute Gasteiger partial charge is 0.303 e. The predicted molar refractivity (Wildman–Crippen MR) is 111 cm³/mol. The molecule has 0 aromatic heterocycles. The Balaban J connectivity index is 0. The molecule has 0 aliphatic rings. The van der Waals surface area contributed by atoms with Crippen LogP contribution in [0.4, 0.5) is 0 Å². The maximum absolute atomic E-state index is 12.0. The largest absolute Gasteiger partial charge is 0.471 e. The van der Waals surface area contributed by atoms with Crippen LogP contribution in [-0.4, -0.2) is 58.7 Å². The van der Waals surface area contributed by atoms with Gasteiger partial charge in [-0.25, -0.2) is 4.57 Å². The number of carbonyl (C=O) groups excluding carboxylic acids is 2. The maximum Gasteiger partial charge on any atom is 0.471 e. The molecule has 1 unspecified atom stereocenters. The third-order valence-electron chi connectivity index (χ3n) is 3.35. The third kappa shape index (κ3) is 16.9. The zero-order chi connectivity index (χ0) is 19.1. The number of hydrogen-bond donors (Lipinski definition) is 1. The van der Waals surface area contributed by atoms with Gasteiger partial charge in [0.15, 0.2) is 10.2 Å². The molecular weight excluding hydrogens is 390 g/mol. The minimum atomic E-state index is -4.08. The van der Waals surface area contributed by atoms with Crippen LogP contribution in [0.2, 0.25) is 0 Å². The van der Waals surface area contributed by atoms with E-state index in [4.69, 9.17) is 4.52 Å². The molecule has 6 nitrogen and oxygen atoms in total. The van der Waals surface area contributed by atoms with E-state index in [0.29, 0.717) is 18.6 Å². The Morgan fingerprint density at radius 1 is 1.04 bits per heavy atom. The van der Waals surface area contributed by atoms with Crippen LogP contribution in [0.5, 0.6) is 0 Å². The van der Waals surface area contributed by atoms with Gasteiger partial charge in [0.1, 0.15) is 0 Å². The van der Waals surface area contributed by atoms with E-state index in [1.165, 1.54) is 0 Å². The first-order chi connectivity index (χ1) is 11.8. The van der Waals surface area contributed by atoms with E-state index in [9.17, 15) is 19.0 Å². The van der Waals surface area contributed by atoms with Gasteiger partial charge < -0.3 is 4.89 Å². The summed E-state index contributed by atoms with van der Waals surface area (Å²) in [5, 5.41) is -0.257. The van der Waals surface area contributed by atoms with E-state index in [0.717, 1.165) is 69.2 Å². The summed E-state index contributed by atoms with van der Waals surface area (Å²) in [6, 6.07) is 0. The molecule has 1 radical (unpaired) electrons. The summed E-state index contributed by atoms with van der Waals surface area (Å²) in [7, 11) is -3.00. The normalized spacial score (nSPS) is 14.3. The van der Waals surface area contributed by atoms with Crippen molar-refractivity contribution in [3.8, 4) is 0 Å². The average Bonchev–Trinajstić information content (AvgIpc) is 2.58. The molecule has 149 valence electrons. The predicted octanol–water partition coefficient (Wildman–Crippen LogP) is 4.42. The molecule has 0 heterocycles. The van der Waals surface area contributed by atoms with Crippen molar-refractivity contribution < 1.29 is 28.1 Å². The van der Waals surface area contributed by atoms with Gasteiger partial charge in [0, 0.05) is 49.8 Å².